The third-order valence-electron chi connectivity index (χ3n) is 5.30. The lowest BCUT2D eigenvalue weighted by molar-refractivity contribution is -0.137. The molecule has 1 heterocycles. The molecule has 0 unspecified atom stereocenters. The highest BCUT2D eigenvalue weighted by Crippen LogP contribution is 2.32. The molecule has 1 amide bonds. The summed E-state index contributed by atoms with van der Waals surface area (Å²) < 4.78 is 43.8. The van der Waals surface area contributed by atoms with Crippen LogP contribution in [0.25, 0.3) is 0 Å². The minimum atomic E-state index is -4.39. The van der Waals surface area contributed by atoms with E-state index in [1.807, 2.05) is 30.3 Å². The van der Waals surface area contributed by atoms with Crippen molar-refractivity contribution in [2.24, 2.45) is 5.92 Å². The van der Waals surface area contributed by atoms with Crippen LogP contribution >= 0.6 is 0 Å². The lowest BCUT2D eigenvalue weighted by Crippen LogP contribution is -2.28. The summed E-state index contributed by atoms with van der Waals surface area (Å²) in [4.78, 5) is 12.9. The predicted molar refractivity (Wildman–Crippen MR) is 112 cm³/mol. The molecule has 3 aromatic rings. The molecule has 7 heteroatoms. The second kappa shape index (κ2) is 8.81. The van der Waals surface area contributed by atoms with Gasteiger partial charge in [0.2, 0.25) is 5.91 Å². The molecule has 31 heavy (non-hydrogen) atoms. The van der Waals surface area contributed by atoms with Crippen molar-refractivity contribution in [2.45, 2.75) is 12.1 Å². The Hall–Kier alpha value is -3.32. The number of rotatable bonds is 5. The van der Waals surface area contributed by atoms with Gasteiger partial charge >= 0.3 is 6.18 Å². The number of ether oxygens (including phenoxy) is 1. The summed E-state index contributed by atoms with van der Waals surface area (Å²) in [7, 11) is 0. The van der Waals surface area contributed by atoms with Crippen LogP contribution in [0.5, 0.6) is 11.5 Å². The molecule has 0 spiro atoms. The second-order valence-corrected chi connectivity index (χ2v) is 7.42. The Bertz CT molecular complexity index is 1040. The van der Waals surface area contributed by atoms with Gasteiger partial charge in [0.05, 0.1) is 11.5 Å². The first-order chi connectivity index (χ1) is 14.9. The number of anilines is 1. The number of hydrogen-bond acceptors (Lipinski definition) is 3. The van der Waals surface area contributed by atoms with Crippen LogP contribution in [-0.2, 0) is 11.0 Å². The zero-order valence-corrected chi connectivity index (χ0v) is 16.5. The van der Waals surface area contributed by atoms with E-state index < -0.39 is 11.7 Å². The Morgan fingerprint density at radius 2 is 1.65 bits per heavy atom. The molecule has 1 aliphatic heterocycles. The lowest BCUT2D eigenvalue weighted by Gasteiger charge is -2.19. The number of carbonyl (C=O) groups is 1. The fourth-order valence-corrected chi connectivity index (χ4v) is 3.73. The van der Waals surface area contributed by atoms with Gasteiger partial charge in [0, 0.05) is 30.8 Å². The molecule has 0 radical (unpaired) electrons. The summed E-state index contributed by atoms with van der Waals surface area (Å²) in [5.41, 5.74) is 0.944. The van der Waals surface area contributed by atoms with Gasteiger partial charge in [-0.1, -0.05) is 36.4 Å². The molecule has 0 aliphatic carbocycles. The first kappa shape index (κ1) is 20.9. The highest BCUT2D eigenvalue weighted by atomic mass is 19.4. The molecule has 2 atom stereocenters. The molecule has 0 bridgehead atoms. The Kier molecular flexibility index (Phi) is 5.95. The minimum absolute atomic E-state index is 0.0905. The van der Waals surface area contributed by atoms with Crippen LogP contribution < -0.4 is 15.4 Å². The van der Waals surface area contributed by atoms with Gasteiger partial charge in [-0.3, -0.25) is 4.79 Å². The van der Waals surface area contributed by atoms with Crippen LogP contribution in [0, 0.1) is 5.92 Å². The van der Waals surface area contributed by atoms with Crippen molar-refractivity contribution in [2.75, 3.05) is 18.4 Å². The van der Waals surface area contributed by atoms with Crippen LogP contribution in [0.2, 0.25) is 0 Å². The van der Waals surface area contributed by atoms with Gasteiger partial charge in [-0.25, -0.2) is 0 Å². The normalized spacial score (nSPS) is 18.5. The maximum atomic E-state index is 12.9. The molecule has 4 nitrogen and oxygen atoms in total. The fraction of sp³-hybridized carbons (Fsp3) is 0.208. The van der Waals surface area contributed by atoms with Crippen molar-refractivity contribution in [1.29, 1.82) is 0 Å². The van der Waals surface area contributed by atoms with E-state index in [1.54, 1.807) is 24.3 Å². The summed E-state index contributed by atoms with van der Waals surface area (Å²) in [5.74, 6) is 0.488. The van der Waals surface area contributed by atoms with E-state index >= 15 is 0 Å². The second-order valence-electron chi connectivity index (χ2n) is 7.42. The van der Waals surface area contributed by atoms with E-state index in [0.29, 0.717) is 18.0 Å². The molecule has 3 aromatic carbocycles. The number of carbonyl (C=O) groups excluding carboxylic acids is 1. The third-order valence-corrected chi connectivity index (χ3v) is 5.30. The van der Waals surface area contributed by atoms with Gasteiger partial charge in [0.15, 0.2) is 0 Å². The van der Waals surface area contributed by atoms with E-state index in [9.17, 15) is 18.0 Å². The van der Waals surface area contributed by atoms with Gasteiger partial charge in [0.1, 0.15) is 11.5 Å². The van der Waals surface area contributed by atoms with Crippen LogP contribution in [0.4, 0.5) is 18.9 Å². The van der Waals surface area contributed by atoms with Gasteiger partial charge in [-0.2, -0.15) is 13.2 Å². The Morgan fingerprint density at radius 1 is 0.903 bits per heavy atom. The molecular weight excluding hydrogens is 405 g/mol. The standard InChI is InChI=1S/C24H21F3N2O2/c25-24(26,27)17-9-11-19(12-10-17)31-20-8-4-7-18(13-20)29-23(30)22-15-28-14-21(22)16-5-2-1-3-6-16/h1-13,21-22,28H,14-15H2,(H,29,30)/t21-,22+/m0/s1. The molecule has 1 fully saturated rings. The Balaban J connectivity index is 1.43. The minimum Gasteiger partial charge on any atom is -0.457 e. The number of halogens is 3. The van der Waals surface area contributed by atoms with E-state index in [-0.39, 0.29) is 23.5 Å². The molecule has 2 N–H and O–H groups in total. The van der Waals surface area contributed by atoms with Gasteiger partial charge in [-0.15, -0.1) is 0 Å². The maximum absolute atomic E-state index is 12.9. The van der Waals surface area contributed by atoms with Gasteiger partial charge in [0.25, 0.3) is 0 Å². The molecule has 160 valence electrons. The fourth-order valence-electron chi connectivity index (χ4n) is 3.73. The van der Waals surface area contributed by atoms with Crippen LogP contribution in [-0.4, -0.2) is 19.0 Å². The number of benzene rings is 3. The van der Waals surface area contributed by atoms with Crippen molar-refractivity contribution in [3.8, 4) is 11.5 Å². The number of hydrogen-bond donors (Lipinski definition) is 2. The molecule has 0 aromatic heterocycles. The zero-order chi connectivity index (χ0) is 21.8. The van der Waals surface area contributed by atoms with Crippen LogP contribution in [0.15, 0.2) is 78.9 Å². The van der Waals surface area contributed by atoms with Gasteiger partial charge in [-0.05, 0) is 42.0 Å². The number of amides is 1. The van der Waals surface area contributed by atoms with Crippen molar-refractivity contribution in [3.63, 3.8) is 0 Å². The van der Waals surface area contributed by atoms with E-state index in [1.165, 1.54) is 12.1 Å². The van der Waals surface area contributed by atoms with Crippen molar-refractivity contribution in [1.82, 2.24) is 5.32 Å². The van der Waals surface area contributed by atoms with Crippen LogP contribution in [0.1, 0.15) is 17.0 Å². The first-order valence-electron chi connectivity index (χ1n) is 9.92. The summed E-state index contributed by atoms with van der Waals surface area (Å²) in [6.07, 6.45) is -4.39. The molecular formula is C24H21F3N2O2. The number of nitrogens with one attached hydrogen (secondary N) is 2. The van der Waals surface area contributed by atoms with E-state index in [0.717, 1.165) is 24.2 Å². The van der Waals surface area contributed by atoms with Crippen LogP contribution in [0.3, 0.4) is 0 Å². The quantitative estimate of drug-likeness (QED) is 0.571. The zero-order valence-electron chi connectivity index (χ0n) is 16.5. The third kappa shape index (κ3) is 5.06. The highest BCUT2D eigenvalue weighted by Gasteiger charge is 2.34. The monoisotopic (exact) mass is 426 g/mol. The summed E-state index contributed by atoms with van der Waals surface area (Å²) in [5, 5.41) is 6.21. The molecule has 1 saturated heterocycles. The molecule has 4 rings (SSSR count). The van der Waals surface area contributed by atoms with Crippen molar-refractivity contribution in [3.05, 3.63) is 90.0 Å². The maximum Gasteiger partial charge on any atom is 0.416 e. The summed E-state index contributed by atoms with van der Waals surface area (Å²) in [6.45, 7) is 1.33. The average Bonchev–Trinajstić information content (AvgIpc) is 3.25. The largest absolute Gasteiger partial charge is 0.457 e. The van der Waals surface area contributed by atoms with Crippen molar-refractivity contribution < 1.29 is 22.7 Å². The van der Waals surface area contributed by atoms with E-state index in [4.69, 9.17) is 4.74 Å². The first-order valence-corrected chi connectivity index (χ1v) is 9.92. The van der Waals surface area contributed by atoms with E-state index in [2.05, 4.69) is 10.6 Å². The Labute approximate surface area is 178 Å². The highest BCUT2D eigenvalue weighted by molar-refractivity contribution is 5.93. The SMILES string of the molecule is O=C(Nc1cccc(Oc2ccc(C(F)(F)F)cc2)c1)[C@@H]1CNC[C@H]1c1ccccc1. The van der Waals surface area contributed by atoms with Crippen molar-refractivity contribution >= 4 is 11.6 Å². The van der Waals surface area contributed by atoms with Gasteiger partial charge < -0.3 is 15.4 Å². The Morgan fingerprint density at radius 3 is 2.35 bits per heavy atom. The molecule has 1 aliphatic rings. The summed E-state index contributed by atoms with van der Waals surface area (Å²) >= 11 is 0. The predicted octanol–water partition coefficient (Wildman–Crippen LogP) is 5.44. The number of alkyl halides is 3. The topological polar surface area (TPSA) is 50.4 Å². The molecule has 0 saturated carbocycles. The average molecular weight is 426 g/mol. The smallest absolute Gasteiger partial charge is 0.416 e. The lowest BCUT2D eigenvalue weighted by atomic mass is 9.88. The summed E-state index contributed by atoms with van der Waals surface area (Å²) in [6, 6.07) is 21.2.